The molecule has 244 valence electrons. The first-order valence-corrected chi connectivity index (χ1v) is 15.7. The number of nitrogens with zero attached hydrogens (tertiary/aromatic N) is 7. The zero-order chi connectivity index (χ0) is 33.2. The number of phenolic OH excluding ortho intramolecular Hbond substituents is 1. The molecule has 1 aliphatic rings. The van der Waals surface area contributed by atoms with Gasteiger partial charge in [0.25, 0.3) is 5.56 Å². The Labute approximate surface area is 274 Å². The Morgan fingerprint density at radius 3 is 2.50 bits per heavy atom. The van der Waals surface area contributed by atoms with Crippen molar-refractivity contribution < 1.29 is 19.0 Å². The lowest BCUT2D eigenvalue weighted by Gasteiger charge is -2.26. The quantitative estimate of drug-likeness (QED) is 0.238. The van der Waals surface area contributed by atoms with E-state index in [-0.39, 0.29) is 36.1 Å². The first kappa shape index (κ1) is 30.9. The van der Waals surface area contributed by atoms with Crippen LogP contribution in [-0.4, -0.2) is 71.5 Å². The van der Waals surface area contributed by atoms with Gasteiger partial charge in [-0.2, -0.15) is 5.10 Å². The maximum absolute atomic E-state index is 15.0. The van der Waals surface area contributed by atoms with Crippen molar-refractivity contribution in [2.45, 2.75) is 32.4 Å². The van der Waals surface area contributed by atoms with Crippen molar-refractivity contribution in [2.24, 2.45) is 0 Å². The average Bonchev–Trinajstić information content (AvgIpc) is 3.47. The van der Waals surface area contributed by atoms with Gasteiger partial charge >= 0.3 is 0 Å². The molecule has 13 heteroatoms. The van der Waals surface area contributed by atoms with Gasteiger partial charge < -0.3 is 20.5 Å². The zero-order valence-corrected chi connectivity index (χ0v) is 26.0. The number of anilines is 1. The molecule has 1 aliphatic heterocycles. The topological polar surface area (TPSA) is 154 Å². The van der Waals surface area contributed by atoms with E-state index in [0.29, 0.717) is 90.1 Å². The minimum Gasteiger partial charge on any atom is -0.508 e. The summed E-state index contributed by atoms with van der Waals surface area (Å²) in [5, 5.41) is 15.6. The van der Waals surface area contributed by atoms with E-state index in [1.807, 2.05) is 17.0 Å². The monoisotopic (exact) mass is 648 g/mol. The molecule has 6 aromatic rings. The number of hydrogen-bond donors (Lipinski definition) is 2. The van der Waals surface area contributed by atoms with Crippen LogP contribution in [-0.2, 0) is 29.0 Å². The highest BCUT2D eigenvalue weighted by Gasteiger charge is 2.22. The first-order valence-electron chi connectivity index (χ1n) is 15.7. The van der Waals surface area contributed by atoms with Crippen LogP contribution in [0.3, 0.4) is 0 Å². The number of aryl methyl sites for hydroxylation is 1. The second-order valence-electron chi connectivity index (χ2n) is 11.7. The Balaban J connectivity index is 1.29. The number of aromatic nitrogens is 6. The lowest BCUT2D eigenvalue weighted by Crippen LogP contribution is -2.40. The van der Waals surface area contributed by atoms with Crippen molar-refractivity contribution in [3.05, 3.63) is 106 Å². The van der Waals surface area contributed by atoms with Crippen molar-refractivity contribution in [3.8, 4) is 17.0 Å². The van der Waals surface area contributed by atoms with Crippen molar-refractivity contribution in [3.63, 3.8) is 0 Å². The van der Waals surface area contributed by atoms with Gasteiger partial charge in [0.1, 0.15) is 41.8 Å². The molecule has 48 heavy (non-hydrogen) atoms. The predicted octanol–water partition coefficient (Wildman–Crippen LogP) is 3.91. The van der Waals surface area contributed by atoms with Crippen LogP contribution in [0.2, 0.25) is 0 Å². The summed E-state index contributed by atoms with van der Waals surface area (Å²) < 4.78 is 23.4. The number of phenols is 1. The number of nitrogens with two attached hydrogens (primary N) is 1. The average molecular weight is 649 g/mol. The van der Waals surface area contributed by atoms with Gasteiger partial charge in [0.15, 0.2) is 5.65 Å². The Morgan fingerprint density at radius 2 is 1.71 bits per heavy atom. The van der Waals surface area contributed by atoms with Crippen LogP contribution >= 0.6 is 0 Å². The van der Waals surface area contributed by atoms with E-state index in [9.17, 15) is 19.1 Å². The molecule has 0 atom stereocenters. The molecule has 0 saturated carbocycles. The Hall–Kier alpha value is -5.69. The molecular formula is C35H33FN8O4. The molecule has 4 heterocycles. The maximum atomic E-state index is 15.0. The molecule has 3 aromatic carbocycles. The van der Waals surface area contributed by atoms with Crippen LogP contribution < -0.4 is 11.3 Å². The Bertz CT molecular complexity index is 2190. The lowest BCUT2D eigenvalue weighted by atomic mass is 10.0. The van der Waals surface area contributed by atoms with Crippen LogP contribution in [0.15, 0.2) is 77.9 Å². The van der Waals surface area contributed by atoms with Crippen molar-refractivity contribution >= 4 is 33.7 Å². The van der Waals surface area contributed by atoms with E-state index in [0.717, 1.165) is 5.56 Å². The maximum Gasteiger partial charge on any atom is 0.262 e. The minimum absolute atomic E-state index is 0.0168. The fourth-order valence-corrected chi connectivity index (χ4v) is 6.16. The van der Waals surface area contributed by atoms with Gasteiger partial charge in [-0.25, -0.2) is 24.0 Å². The summed E-state index contributed by atoms with van der Waals surface area (Å²) in [5.74, 6) is 0.298. The number of ether oxygens (including phenoxy) is 1. The van der Waals surface area contributed by atoms with E-state index in [2.05, 4.69) is 9.97 Å². The third kappa shape index (κ3) is 6.07. The summed E-state index contributed by atoms with van der Waals surface area (Å²) in [7, 11) is 0. The second kappa shape index (κ2) is 13.2. The zero-order valence-electron chi connectivity index (χ0n) is 26.0. The van der Waals surface area contributed by atoms with Gasteiger partial charge in [0.05, 0.1) is 36.0 Å². The van der Waals surface area contributed by atoms with Crippen molar-refractivity contribution in [1.29, 1.82) is 0 Å². The number of halogens is 1. The number of aromatic hydroxyl groups is 1. The predicted molar refractivity (Wildman–Crippen MR) is 178 cm³/mol. The molecule has 0 radical (unpaired) electrons. The highest BCUT2D eigenvalue weighted by Crippen LogP contribution is 2.31. The third-order valence-electron chi connectivity index (χ3n) is 8.63. The molecule has 3 aromatic heterocycles. The van der Waals surface area contributed by atoms with E-state index in [1.165, 1.54) is 17.0 Å². The van der Waals surface area contributed by atoms with Crippen LogP contribution in [0.25, 0.3) is 33.2 Å². The molecule has 0 spiro atoms. The normalized spacial score (nSPS) is 13.4. The van der Waals surface area contributed by atoms with Crippen LogP contribution in [0.1, 0.15) is 29.8 Å². The molecule has 0 unspecified atom stereocenters. The highest BCUT2D eigenvalue weighted by atomic mass is 19.1. The van der Waals surface area contributed by atoms with Gasteiger partial charge in [-0.3, -0.25) is 14.2 Å². The summed E-state index contributed by atoms with van der Waals surface area (Å²) in [6.07, 6.45) is 2.75. The highest BCUT2D eigenvalue weighted by molar-refractivity contribution is 5.98. The summed E-state index contributed by atoms with van der Waals surface area (Å²) in [4.78, 5) is 42.5. The van der Waals surface area contributed by atoms with Crippen molar-refractivity contribution in [2.75, 3.05) is 32.0 Å². The van der Waals surface area contributed by atoms with Gasteiger partial charge in [-0.1, -0.05) is 30.3 Å². The smallest absolute Gasteiger partial charge is 0.262 e. The molecule has 1 amide bonds. The molecule has 0 bridgehead atoms. The number of fused-ring (bicyclic) bond motifs is 2. The van der Waals surface area contributed by atoms with E-state index in [4.69, 9.17) is 20.6 Å². The number of nitrogen functional groups attached to an aromatic ring is 1. The summed E-state index contributed by atoms with van der Waals surface area (Å²) >= 11 is 0. The first-order chi connectivity index (χ1) is 23.4. The lowest BCUT2D eigenvalue weighted by molar-refractivity contribution is -0.135. The fraction of sp³-hybridized carbons (Fsp3) is 0.257. The van der Waals surface area contributed by atoms with Gasteiger partial charge in [0.2, 0.25) is 5.91 Å². The van der Waals surface area contributed by atoms with Gasteiger partial charge in [-0.15, -0.1) is 0 Å². The third-order valence-corrected chi connectivity index (χ3v) is 8.63. The van der Waals surface area contributed by atoms with Crippen LogP contribution in [0, 0.1) is 5.82 Å². The number of amides is 1. The van der Waals surface area contributed by atoms with E-state index >= 15 is 0 Å². The number of benzene rings is 3. The number of rotatable bonds is 9. The van der Waals surface area contributed by atoms with Crippen LogP contribution in [0.5, 0.6) is 5.75 Å². The standard InChI is InChI=1S/C35H33FN8O4/c36-26-8-2-1-5-24(26)19-43-28(20-44-34-31(33(37)38-21-39-34)32(41-44)23-11-13-25(45)14-12-23)40-27-9-3-6-22(30(27)35(43)47)7-4-10-29(46)42-15-17-48-18-16-42/h1-3,5-6,8-9,11-14,21,45H,4,7,10,15-20H2,(H2,37,38,39). The number of morpholine rings is 1. The number of carbonyl (C=O) groups excluding carboxylic acids is 1. The second-order valence-corrected chi connectivity index (χ2v) is 11.7. The molecule has 0 aliphatic carbocycles. The molecular weight excluding hydrogens is 615 g/mol. The van der Waals surface area contributed by atoms with E-state index < -0.39 is 5.82 Å². The molecule has 7 rings (SSSR count). The Morgan fingerprint density at radius 1 is 0.938 bits per heavy atom. The minimum atomic E-state index is -0.440. The largest absolute Gasteiger partial charge is 0.508 e. The van der Waals surface area contributed by atoms with Crippen LogP contribution in [0.4, 0.5) is 10.2 Å². The molecule has 1 fully saturated rings. The molecule has 3 N–H and O–H groups in total. The molecule has 1 saturated heterocycles. The van der Waals surface area contributed by atoms with Gasteiger partial charge in [0, 0.05) is 30.6 Å². The SMILES string of the molecule is Nc1ncnc2c1c(-c1ccc(O)cc1)nn2Cc1nc2cccc(CCCC(=O)N3CCOCC3)c2c(=O)n1Cc1ccccc1F. The van der Waals surface area contributed by atoms with E-state index in [1.54, 1.807) is 53.2 Å². The number of hydrogen-bond acceptors (Lipinski definition) is 9. The summed E-state index contributed by atoms with van der Waals surface area (Å²) in [6, 6.07) is 18.3. The summed E-state index contributed by atoms with van der Waals surface area (Å²) in [6.45, 7) is 2.20. The van der Waals surface area contributed by atoms with Crippen molar-refractivity contribution in [1.82, 2.24) is 34.2 Å². The number of carbonyl (C=O) groups is 1. The van der Waals surface area contributed by atoms with Gasteiger partial charge in [-0.05, 0) is 54.8 Å². The Kier molecular flexibility index (Phi) is 8.51. The fourth-order valence-electron chi connectivity index (χ4n) is 6.16. The molecule has 12 nitrogen and oxygen atoms in total. The summed E-state index contributed by atoms with van der Waals surface area (Å²) in [5.41, 5.74) is 9.18.